The zero-order valence-corrected chi connectivity index (χ0v) is 16.3. The van der Waals surface area contributed by atoms with Gasteiger partial charge in [0.1, 0.15) is 0 Å². The van der Waals surface area contributed by atoms with Gasteiger partial charge < -0.3 is 10.6 Å². The van der Waals surface area contributed by atoms with Crippen molar-refractivity contribution < 1.29 is 26.4 Å². The van der Waals surface area contributed by atoms with E-state index in [0.717, 1.165) is 37.5 Å². The maximum Gasteiger partial charge on any atom is 0.416 e. The second-order valence-electron chi connectivity index (χ2n) is 6.36. The predicted molar refractivity (Wildman–Crippen MR) is 96.9 cm³/mol. The minimum Gasteiger partial charge on any atom is -0.337 e. The van der Waals surface area contributed by atoms with E-state index < -0.39 is 39.1 Å². The van der Waals surface area contributed by atoms with Gasteiger partial charge in [-0.15, -0.1) is 12.4 Å². The summed E-state index contributed by atoms with van der Waals surface area (Å²) in [5, 5.41) is 0. The maximum absolute atomic E-state index is 12.7. The molecule has 0 saturated carbocycles. The summed E-state index contributed by atoms with van der Waals surface area (Å²) in [4.78, 5) is 13.4. The Morgan fingerprint density at radius 3 is 2.63 bits per heavy atom. The smallest absolute Gasteiger partial charge is 0.337 e. The molecule has 0 bridgehead atoms. The third kappa shape index (κ3) is 6.06. The van der Waals surface area contributed by atoms with Crippen LogP contribution in [0.4, 0.5) is 13.2 Å². The Hall–Kier alpha value is -1.36. The lowest BCUT2D eigenvalue weighted by Crippen LogP contribution is -2.54. The highest BCUT2D eigenvalue weighted by Gasteiger charge is 2.32. The standard InChI is InChI=1S/C16H22F3N3O3S.ClH/c1-11(20)14-7-2-3-8-22(14)15(23)10-21-26(24,25)13-6-4-5-12(9-13)16(17,18)19;/h4-6,9,11,14,21H,2-3,7-8,10,20H2,1H3;1H. The Balaban J connectivity index is 0.00000364. The van der Waals surface area contributed by atoms with Crippen LogP contribution in [0.15, 0.2) is 29.2 Å². The highest BCUT2D eigenvalue weighted by Crippen LogP contribution is 2.30. The number of hydrogen-bond acceptors (Lipinski definition) is 4. The first-order chi connectivity index (χ1) is 12.0. The maximum atomic E-state index is 12.7. The third-order valence-electron chi connectivity index (χ3n) is 4.36. The summed E-state index contributed by atoms with van der Waals surface area (Å²) in [6.07, 6.45) is -2.18. The fourth-order valence-electron chi connectivity index (χ4n) is 2.99. The quantitative estimate of drug-likeness (QED) is 0.750. The number of carbonyl (C=O) groups excluding carboxylic acids is 1. The number of halogens is 4. The number of nitrogens with one attached hydrogen (secondary N) is 1. The number of nitrogens with zero attached hydrogens (tertiary/aromatic N) is 1. The van der Waals surface area contributed by atoms with Crippen molar-refractivity contribution >= 4 is 28.3 Å². The number of likely N-dealkylation sites (tertiary alicyclic amines) is 1. The second kappa shape index (κ2) is 9.22. The molecule has 0 aliphatic carbocycles. The van der Waals surface area contributed by atoms with E-state index in [1.165, 1.54) is 0 Å². The average molecular weight is 430 g/mol. The molecule has 1 saturated heterocycles. The van der Waals surface area contributed by atoms with Crippen LogP contribution in [-0.2, 0) is 21.0 Å². The molecule has 3 N–H and O–H groups in total. The molecule has 2 atom stereocenters. The fraction of sp³-hybridized carbons (Fsp3) is 0.562. The molecule has 1 heterocycles. The molecular weight excluding hydrogens is 407 g/mol. The van der Waals surface area contributed by atoms with E-state index >= 15 is 0 Å². The van der Waals surface area contributed by atoms with E-state index in [2.05, 4.69) is 4.72 Å². The number of alkyl halides is 3. The highest BCUT2D eigenvalue weighted by atomic mass is 35.5. The number of amides is 1. The van der Waals surface area contributed by atoms with Gasteiger partial charge in [0.25, 0.3) is 0 Å². The molecule has 11 heteroatoms. The molecular formula is C16H23ClF3N3O3S. The number of rotatable bonds is 5. The molecule has 2 rings (SSSR count). The van der Waals surface area contributed by atoms with Gasteiger partial charge in [0.2, 0.25) is 15.9 Å². The van der Waals surface area contributed by atoms with Gasteiger partial charge in [-0.3, -0.25) is 4.79 Å². The number of benzene rings is 1. The predicted octanol–water partition coefficient (Wildman–Crippen LogP) is 2.13. The Morgan fingerprint density at radius 1 is 1.37 bits per heavy atom. The molecule has 27 heavy (non-hydrogen) atoms. The lowest BCUT2D eigenvalue weighted by Gasteiger charge is -2.38. The van der Waals surface area contributed by atoms with Crippen molar-refractivity contribution in [3.05, 3.63) is 29.8 Å². The second-order valence-corrected chi connectivity index (χ2v) is 8.13. The van der Waals surface area contributed by atoms with Gasteiger partial charge in [0.05, 0.1) is 17.0 Å². The molecule has 2 unspecified atom stereocenters. The topological polar surface area (TPSA) is 92.5 Å². The Bertz CT molecular complexity index is 757. The third-order valence-corrected chi connectivity index (χ3v) is 5.76. The highest BCUT2D eigenvalue weighted by molar-refractivity contribution is 7.89. The Morgan fingerprint density at radius 2 is 2.04 bits per heavy atom. The largest absolute Gasteiger partial charge is 0.416 e. The first-order valence-corrected chi connectivity index (χ1v) is 9.72. The van der Waals surface area contributed by atoms with Crippen molar-refractivity contribution in [1.82, 2.24) is 9.62 Å². The SMILES string of the molecule is CC(N)C1CCCCN1C(=O)CNS(=O)(=O)c1cccc(C(F)(F)F)c1.Cl. The first-order valence-electron chi connectivity index (χ1n) is 8.24. The molecule has 154 valence electrons. The molecule has 1 aromatic carbocycles. The summed E-state index contributed by atoms with van der Waals surface area (Å²) in [7, 11) is -4.24. The van der Waals surface area contributed by atoms with Gasteiger partial charge in [-0.05, 0) is 44.4 Å². The van der Waals surface area contributed by atoms with Crippen molar-refractivity contribution in [2.24, 2.45) is 5.73 Å². The molecule has 0 radical (unpaired) electrons. The molecule has 6 nitrogen and oxygen atoms in total. The van der Waals surface area contributed by atoms with Crippen LogP contribution in [0, 0.1) is 0 Å². The normalized spacial score (nSPS) is 19.3. The van der Waals surface area contributed by atoms with Gasteiger partial charge >= 0.3 is 6.18 Å². The number of carbonyl (C=O) groups is 1. The fourth-order valence-corrected chi connectivity index (χ4v) is 4.01. The van der Waals surface area contributed by atoms with Crippen molar-refractivity contribution in [2.75, 3.05) is 13.1 Å². The number of sulfonamides is 1. The van der Waals surface area contributed by atoms with Gasteiger partial charge in [0, 0.05) is 18.6 Å². The number of piperidine rings is 1. The first kappa shape index (κ1) is 23.7. The van der Waals surface area contributed by atoms with Crippen molar-refractivity contribution in [3.63, 3.8) is 0 Å². The van der Waals surface area contributed by atoms with E-state index in [-0.39, 0.29) is 24.5 Å². The molecule has 0 spiro atoms. The van der Waals surface area contributed by atoms with Crippen molar-refractivity contribution in [3.8, 4) is 0 Å². The Kier molecular flexibility index (Phi) is 8.09. The lowest BCUT2D eigenvalue weighted by molar-refractivity contribution is -0.137. The van der Waals surface area contributed by atoms with Crippen LogP contribution in [0.25, 0.3) is 0 Å². The van der Waals surface area contributed by atoms with E-state index in [1.807, 2.05) is 0 Å². The summed E-state index contributed by atoms with van der Waals surface area (Å²) in [6, 6.07) is 2.96. The monoisotopic (exact) mass is 429 g/mol. The minimum atomic E-state index is -4.65. The summed E-state index contributed by atoms with van der Waals surface area (Å²) in [5.74, 6) is -0.442. The summed E-state index contributed by atoms with van der Waals surface area (Å²) in [6.45, 7) is 1.74. The van der Waals surface area contributed by atoms with E-state index in [1.54, 1.807) is 11.8 Å². The summed E-state index contributed by atoms with van der Waals surface area (Å²) >= 11 is 0. The van der Waals surface area contributed by atoms with Crippen molar-refractivity contribution in [2.45, 2.75) is 49.3 Å². The van der Waals surface area contributed by atoms with Crippen LogP contribution >= 0.6 is 12.4 Å². The number of hydrogen-bond donors (Lipinski definition) is 2. The molecule has 0 aromatic heterocycles. The minimum absolute atomic E-state index is 0. The molecule has 1 aliphatic rings. The van der Waals surface area contributed by atoms with Crippen LogP contribution in [0.5, 0.6) is 0 Å². The summed E-state index contributed by atoms with van der Waals surface area (Å²) in [5.41, 5.74) is 4.82. The van der Waals surface area contributed by atoms with Crippen LogP contribution in [-0.4, -0.2) is 44.4 Å². The lowest BCUT2D eigenvalue weighted by atomic mass is 9.97. The molecule has 1 fully saturated rings. The van der Waals surface area contributed by atoms with Gasteiger partial charge in [-0.1, -0.05) is 6.07 Å². The zero-order valence-electron chi connectivity index (χ0n) is 14.7. The molecule has 1 amide bonds. The molecule has 1 aliphatic heterocycles. The average Bonchev–Trinajstić information content (AvgIpc) is 2.59. The summed E-state index contributed by atoms with van der Waals surface area (Å²) < 4.78 is 64.8. The van der Waals surface area contributed by atoms with Gasteiger partial charge in [-0.25, -0.2) is 13.1 Å². The van der Waals surface area contributed by atoms with Crippen LogP contribution < -0.4 is 10.5 Å². The van der Waals surface area contributed by atoms with Crippen LogP contribution in [0.3, 0.4) is 0 Å². The number of nitrogens with two attached hydrogens (primary N) is 1. The zero-order chi connectivity index (χ0) is 19.5. The van der Waals surface area contributed by atoms with Crippen LogP contribution in [0.1, 0.15) is 31.7 Å². The van der Waals surface area contributed by atoms with E-state index in [9.17, 15) is 26.4 Å². The van der Waals surface area contributed by atoms with Gasteiger partial charge in [0.15, 0.2) is 0 Å². The molecule has 1 aromatic rings. The Labute approximate surface area is 162 Å². The van der Waals surface area contributed by atoms with Crippen molar-refractivity contribution in [1.29, 1.82) is 0 Å². The van der Waals surface area contributed by atoms with Gasteiger partial charge in [-0.2, -0.15) is 13.2 Å². The van der Waals surface area contributed by atoms with E-state index in [4.69, 9.17) is 5.73 Å². The van der Waals surface area contributed by atoms with Crippen LogP contribution in [0.2, 0.25) is 0 Å². The van der Waals surface area contributed by atoms with E-state index in [0.29, 0.717) is 12.6 Å².